The van der Waals surface area contributed by atoms with Crippen LogP contribution >= 0.6 is 0 Å². The van der Waals surface area contributed by atoms with E-state index in [1.54, 1.807) is 30.5 Å². The molecule has 0 unspecified atom stereocenters. The molecule has 1 aliphatic carbocycles. The SMILES string of the molecule is COc1cncc([C@@H](NC(=O)CCCn2cncn2)C2CC(O)C2)c1. The van der Waals surface area contributed by atoms with Crippen molar-refractivity contribution in [1.29, 1.82) is 0 Å². The second-order valence-corrected chi connectivity index (χ2v) is 6.35. The molecule has 8 heteroatoms. The first-order valence-corrected chi connectivity index (χ1v) is 8.44. The van der Waals surface area contributed by atoms with Crippen LogP contribution in [0.25, 0.3) is 0 Å². The Balaban J connectivity index is 1.60. The van der Waals surface area contributed by atoms with Crippen molar-refractivity contribution < 1.29 is 14.6 Å². The minimum absolute atomic E-state index is 0.0191. The van der Waals surface area contributed by atoms with Gasteiger partial charge in [0.05, 0.1) is 25.5 Å². The highest BCUT2D eigenvalue weighted by molar-refractivity contribution is 5.76. The third-order valence-electron chi connectivity index (χ3n) is 4.52. The summed E-state index contributed by atoms with van der Waals surface area (Å²) in [4.78, 5) is 20.4. The summed E-state index contributed by atoms with van der Waals surface area (Å²) in [6.45, 7) is 0.654. The van der Waals surface area contributed by atoms with Crippen LogP contribution in [0.2, 0.25) is 0 Å². The molecule has 1 amide bonds. The number of rotatable bonds is 8. The van der Waals surface area contributed by atoms with Crippen molar-refractivity contribution in [1.82, 2.24) is 25.1 Å². The molecular weight excluding hydrogens is 322 g/mol. The largest absolute Gasteiger partial charge is 0.495 e. The number of carbonyl (C=O) groups is 1. The van der Waals surface area contributed by atoms with Gasteiger partial charge in [0.15, 0.2) is 0 Å². The molecule has 25 heavy (non-hydrogen) atoms. The summed E-state index contributed by atoms with van der Waals surface area (Å²) in [6.07, 6.45) is 8.67. The Hall–Kier alpha value is -2.48. The van der Waals surface area contributed by atoms with Gasteiger partial charge in [0.1, 0.15) is 18.4 Å². The summed E-state index contributed by atoms with van der Waals surface area (Å²) >= 11 is 0. The topological polar surface area (TPSA) is 102 Å². The number of aliphatic hydroxyl groups excluding tert-OH is 1. The van der Waals surface area contributed by atoms with E-state index in [1.807, 2.05) is 6.07 Å². The lowest BCUT2D eigenvalue weighted by atomic mass is 9.75. The Morgan fingerprint density at radius 1 is 1.44 bits per heavy atom. The van der Waals surface area contributed by atoms with Gasteiger partial charge in [-0.15, -0.1) is 0 Å². The van der Waals surface area contributed by atoms with Crippen LogP contribution in [0, 0.1) is 5.92 Å². The van der Waals surface area contributed by atoms with E-state index in [2.05, 4.69) is 20.4 Å². The summed E-state index contributed by atoms with van der Waals surface area (Å²) in [5.41, 5.74) is 0.904. The van der Waals surface area contributed by atoms with Crippen LogP contribution in [0.3, 0.4) is 0 Å². The highest BCUT2D eigenvalue weighted by Gasteiger charge is 2.35. The van der Waals surface area contributed by atoms with Crippen molar-refractivity contribution in [3.63, 3.8) is 0 Å². The maximum absolute atomic E-state index is 12.4. The number of hydrogen-bond acceptors (Lipinski definition) is 6. The highest BCUT2D eigenvalue weighted by Crippen LogP contribution is 2.38. The van der Waals surface area contributed by atoms with Gasteiger partial charge in [-0.1, -0.05) is 0 Å². The normalized spacial score (nSPS) is 20.6. The number of nitrogens with one attached hydrogen (secondary N) is 1. The molecule has 0 aromatic carbocycles. The molecule has 0 bridgehead atoms. The first kappa shape index (κ1) is 17.3. The molecule has 1 saturated carbocycles. The molecule has 2 aromatic rings. The quantitative estimate of drug-likeness (QED) is 0.742. The monoisotopic (exact) mass is 345 g/mol. The number of aromatic nitrogens is 4. The van der Waals surface area contributed by atoms with Gasteiger partial charge in [0, 0.05) is 19.2 Å². The molecular formula is C17H23N5O3. The Morgan fingerprint density at radius 2 is 2.28 bits per heavy atom. The van der Waals surface area contributed by atoms with Gasteiger partial charge < -0.3 is 15.2 Å². The third kappa shape index (κ3) is 4.54. The van der Waals surface area contributed by atoms with Crippen LogP contribution in [0.5, 0.6) is 5.75 Å². The minimum Gasteiger partial charge on any atom is -0.495 e. The summed E-state index contributed by atoms with van der Waals surface area (Å²) < 4.78 is 6.94. The maximum Gasteiger partial charge on any atom is 0.220 e. The van der Waals surface area contributed by atoms with E-state index in [1.165, 1.54) is 6.33 Å². The molecule has 134 valence electrons. The average Bonchev–Trinajstić information content (AvgIpc) is 3.10. The molecule has 8 nitrogen and oxygen atoms in total. The summed E-state index contributed by atoms with van der Waals surface area (Å²) in [6, 6.07) is 1.72. The van der Waals surface area contributed by atoms with Gasteiger partial charge >= 0.3 is 0 Å². The van der Waals surface area contributed by atoms with Gasteiger partial charge in [-0.2, -0.15) is 5.10 Å². The Kier molecular flexibility index (Phi) is 5.60. The lowest BCUT2D eigenvalue weighted by Gasteiger charge is -2.38. The summed E-state index contributed by atoms with van der Waals surface area (Å²) in [5.74, 6) is 0.847. The number of hydrogen-bond donors (Lipinski definition) is 2. The zero-order valence-electron chi connectivity index (χ0n) is 14.2. The second kappa shape index (κ2) is 8.06. The van der Waals surface area contributed by atoms with E-state index < -0.39 is 0 Å². The van der Waals surface area contributed by atoms with Gasteiger partial charge in [-0.3, -0.25) is 14.5 Å². The van der Waals surface area contributed by atoms with Crippen LogP contribution in [0.15, 0.2) is 31.1 Å². The lowest BCUT2D eigenvalue weighted by Crippen LogP contribution is -2.41. The highest BCUT2D eigenvalue weighted by atomic mass is 16.5. The smallest absolute Gasteiger partial charge is 0.220 e. The molecule has 0 aliphatic heterocycles. The fraction of sp³-hybridized carbons (Fsp3) is 0.529. The number of nitrogens with zero attached hydrogens (tertiary/aromatic N) is 4. The number of pyridine rings is 1. The van der Waals surface area contributed by atoms with Gasteiger partial charge in [0.2, 0.25) is 5.91 Å². The number of amides is 1. The van der Waals surface area contributed by atoms with Crippen molar-refractivity contribution in [3.05, 3.63) is 36.7 Å². The van der Waals surface area contributed by atoms with Crippen molar-refractivity contribution in [2.45, 2.75) is 44.4 Å². The van der Waals surface area contributed by atoms with E-state index >= 15 is 0 Å². The number of aliphatic hydroxyl groups is 1. The molecule has 1 aliphatic rings. The van der Waals surface area contributed by atoms with Crippen LogP contribution in [0.4, 0.5) is 0 Å². The predicted molar refractivity (Wildman–Crippen MR) is 89.7 cm³/mol. The van der Waals surface area contributed by atoms with Gasteiger partial charge in [-0.05, 0) is 36.8 Å². The molecule has 2 N–H and O–H groups in total. The van der Waals surface area contributed by atoms with E-state index in [9.17, 15) is 9.90 Å². The summed E-state index contributed by atoms with van der Waals surface area (Å²) in [5, 5.41) is 16.7. The van der Waals surface area contributed by atoms with Crippen LogP contribution in [-0.2, 0) is 11.3 Å². The van der Waals surface area contributed by atoms with Crippen molar-refractivity contribution in [3.8, 4) is 5.75 Å². The first-order chi connectivity index (χ1) is 12.2. The number of carbonyl (C=O) groups excluding carboxylic acids is 1. The molecule has 0 saturated heterocycles. The zero-order valence-corrected chi connectivity index (χ0v) is 14.2. The third-order valence-corrected chi connectivity index (χ3v) is 4.52. The molecule has 0 spiro atoms. The maximum atomic E-state index is 12.4. The van der Waals surface area contributed by atoms with Crippen LogP contribution in [-0.4, -0.2) is 44.0 Å². The number of aryl methyl sites for hydroxylation is 1. The molecule has 2 heterocycles. The van der Waals surface area contributed by atoms with Crippen molar-refractivity contribution in [2.24, 2.45) is 5.92 Å². The Bertz CT molecular complexity index is 685. The molecule has 0 radical (unpaired) electrons. The standard InChI is InChI=1S/C17H23N5O3/c1-25-15-7-13(8-18-9-15)17(12-5-14(23)6-12)21-16(24)3-2-4-22-11-19-10-20-22/h7-12,14,17,23H,2-6H2,1H3,(H,21,24)/t12?,14?,17-/m0/s1. The van der Waals surface area contributed by atoms with E-state index in [4.69, 9.17) is 4.74 Å². The predicted octanol–water partition coefficient (Wildman–Crippen LogP) is 1.09. The second-order valence-electron chi connectivity index (χ2n) is 6.35. The van der Waals surface area contributed by atoms with Gasteiger partial charge in [-0.25, -0.2) is 4.98 Å². The van der Waals surface area contributed by atoms with E-state index in [-0.39, 0.29) is 24.0 Å². The van der Waals surface area contributed by atoms with Gasteiger partial charge in [0.25, 0.3) is 0 Å². The number of methoxy groups -OCH3 is 1. The fourth-order valence-corrected chi connectivity index (χ4v) is 3.09. The van der Waals surface area contributed by atoms with Crippen molar-refractivity contribution >= 4 is 5.91 Å². The Labute approximate surface area is 146 Å². The minimum atomic E-state index is -0.282. The van der Waals surface area contributed by atoms with E-state index in [0.717, 1.165) is 5.56 Å². The first-order valence-electron chi connectivity index (χ1n) is 8.44. The Morgan fingerprint density at radius 3 is 2.96 bits per heavy atom. The van der Waals surface area contributed by atoms with Crippen LogP contribution in [0.1, 0.15) is 37.3 Å². The van der Waals surface area contributed by atoms with Crippen molar-refractivity contribution in [2.75, 3.05) is 7.11 Å². The molecule has 1 fully saturated rings. The van der Waals surface area contributed by atoms with Crippen LogP contribution < -0.4 is 10.1 Å². The lowest BCUT2D eigenvalue weighted by molar-refractivity contribution is -0.123. The zero-order chi connectivity index (χ0) is 17.6. The number of ether oxygens (including phenoxy) is 1. The molecule has 3 rings (SSSR count). The van der Waals surface area contributed by atoms with E-state index in [0.29, 0.717) is 38.0 Å². The average molecular weight is 345 g/mol. The molecule has 2 aromatic heterocycles. The summed E-state index contributed by atoms with van der Waals surface area (Å²) in [7, 11) is 1.59. The molecule has 1 atom stereocenters. The fourth-order valence-electron chi connectivity index (χ4n) is 3.09.